The zero-order valence-electron chi connectivity index (χ0n) is 10.5. The van der Waals surface area contributed by atoms with E-state index in [0.29, 0.717) is 5.41 Å². The Morgan fingerprint density at radius 3 is 2.83 bits per heavy atom. The van der Waals surface area contributed by atoms with E-state index in [2.05, 4.69) is 29.6 Å². The minimum absolute atomic E-state index is 0.538. The van der Waals surface area contributed by atoms with Crippen molar-refractivity contribution in [3.8, 4) is 0 Å². The highest BCUT2D eigenvalue weighted by Crippen LogP contribution is 2.49. The summed E-state index contributed by atoms with van der Waals surface area (Å²) in [6.45, 7) is 1.20. The van der Waals surface area contributed by atoms with Gasteiger partial charge in [0, 0.05) is 19.0 Å². The number of hydrogen-bond acceptors (Lipinski definition) is 3. The van der Waals surface area contributed by atoms with E-state index in [9.17, 15) is 0 Å². The molecule has 0 amide bonds. The van der Waals surface area contributed by atoms with Gasteiger partial charge in [0.1, 0.15) is 0 Å². The van der Waals surface area contributed by atoms with Crippen LogP contribution in [-0.2, 0) is 6.42 Å². The maximum atomic E-state index is 4.77. The lowest BCUT2D eigenvalue weighted by Gasteiger charge is -2.13. The number of aromatic nitrogens is 1. The highest BCUT2D eigenvalue weighted by atomic mass is 32.1. The zero-order chi connectivity index (χ0) is 12.0. The van der Waals surface area contributed by atoms with Crippen molar-refractivity contribution in [1.82, 2.24) is 10.3 Å². The van der Waals surface area contributed by atoms with E-state index >= 15 is 0 Å². The molecule has 1 heterocycles. The molecular formula is C15H18N2S. The molecule has 2 aliphatic carbocycles. The van der Waals surface area contributed by atoms with Crippen molar-refractivity contribution in [2.24, 2.45) is 5.41 Å². The summed E-state index contributed by atoms with van der Waals surface area (Å²) in [5.41, 5.74) is 1.71. The molecule has 2 fully saturated rings. The van der Waals surface area contributed by atoms with Gasteiger partial charge < -0.3 is 5.32 Å². The summed E-state index contributed by atoms with van der Waals surface area (Å²) in [7, 11) is 0. The molecule has 3 heteroatoms. The minimum Gasteiger partial charge on any atom is -0.313 e. The van der Waals surface area contributed by atoms with Crippen LogP contribution >= 0.6 is 11.3 Å². The normalized spacial score (nSPS) is 21.3. The van der Waals surface area contributed by atoms with Crippen molar-refractivity contribution in [2.45, 2.75) is 38.1 Å². The third kappa shape index (κ3) is 2.17. The van der Waals surface area contributed by atoms with Crippen LogP contribution in [0.25, 0.3) is 10.2 Å². The number of nitrogens with zero attached hydrogens (tertiary/aromatic N) is 1. The molecule has 18 heavy (non-hydrogen) atoms. The van der Waals surface area contributed by atoms with Crippen LogP contribution in [0, 0.1) is 5.41 Å². The number of thiazole rings is 1. The first-order chi connectivity index (χ1) is 8.83. The Morgan fingerprint density at radius 2 is 2.11 bits per heavy atom. The summed E-state index contributed by atoms with van der Waals surface area (Å²) in [5.74, 6) is 0. The van der Waals surface area contributed by atoms with Crippen molar-refractivity contribution in [3.63, 3.8) is 0 Å². The second-order valence-corrected chi connectivity index (χ2v) is 7.02. The number of para-hydroxylation sites is 1. The van der Waals surface area contributed by atoms with E-state index in [0.717, 1.165) is 6.04 Å². The second-order valence-electron chi connectivity index (χ2n) is 5.91. The average molecular weight is 258 g/mol. The van der Waals surface area contributed by atoms with Gasteiger partial charge in [0.2, 0.25) is 0 Å². The highest BCUT2D eigenvalue weighted by molar-refractivity contribution is 7.18. The molecule has 1 N–H and O–H groups in total. The lowest BCUT2D eigenvalue weighted by molar-refractivity contribution is 0.453. The SMILES string of the molecule is c1ccc2sc(CC3(CNC4CC4)CC3)nc2c1. The van der Waals surface area contributed by atoms with E-state index in [-0.39, 0.29) is 0 Å². The molecule has 0 unspecified atom stereocenters. The molecule has 4 rings (SSSR count). The molecule has 1 aromatic heterocycles. The number of fused-ring (bicyclic) bond motifs is 1. The molecule has 2 saturated carbocycles. The van der Waals surface area contributed by atoms with Crippen LogP contribution in [0.15, 0.2) is 24.3 Å². The summed E-state index contributed by atoms with van der Waals surface area (Å²) in [4.78, 5) is 4.77. The van der Waals surface area contributed by atoms with E-state index < -0.39 is 0 Å². The Morgan fingerprint density at radius 1 is 1.28 bits per heavy atom. The van der Waals surface area contributed by atoms with Crippen LogP contribution in [0.2, 0.25) is 0 Å². The van der Waals surface area contributed by atoms with Gasteiger partial charge in [0.05, 0.1) is 15.2 Å². The fraction of sp³-hybridized carbons (Fsp3) is 0.533. The topological polar surface area (TPSA) is 24.9 Å². The largest absolute Gasteiger partial charge is 0.313 e. The first kappa shape index (κ1) is 10.9. The zero-order valence-corrected chi connectivity index (χ0v) is 11.3. The molecule has 2 nitrogen and oxygen atoms in total. The summed E-state index contributed by atoms with van der Waals surface area (Å²) in [6, 6.07) is 9.31. The van der Waals surface area contributed by atoms with Crippen molar-refractivity contribution >= 4 is 21.6 Å². The van der Waals surface area contributed by atoms with E-state index in [1.165, 1.54) is 53.9 Å². The van der Waals surface area contributed by atoms with Crippen molar-refractivity contribution < 1.29 is 0 Å². The molecule has 2 aromatic rings. The Kier molecular flexibility index (Phi) is 2.45. The van der Waals surface area contributed by atoms with Crippen molar-refractivity contribution in [3.05, 3.63) is 29.3 Å². The van der Waals surface area contributed by atoms with Gasteiger partial charge in [-0.15, -0.1) is 11.3 Å². The third-order valence-electron chi connectivity index (χ3n) is 4.16. The first-order valence-electron chi connectivity index (χ1n) is 6.91. The molecule has 0 spiro atoms. The van der Waals surface area contributed by atoms with Gasteiger partial charge in [0.25, 0.3) is 0 Å². The van der Waals surface area contributed by atoms with E-state index in [1.54, 1.807) is 0 Å². The molecule has 0 bridgehead atoms. The second kappa shape index (κ2) is 4.04. The van der Waals surface area contributed by atoms with Gasteiger partial charge in [-0.2, -0.15) is 0 Å². The fourth-order valence-electron chi connectivity index (χ4n) is 2.56. The molecule has 0 aliphatic heterocycles. The average Bonchev–Trinajstić information content (AvgIpc) is 3.26. The summed E-state index contributed by atoms with van der Waals surface area (Å²) in [5, 5.41) is 5.02. The molecule has 2 aliphatic rings. The Bertz CT molecular complexity index is 534. The quantitative estimate of drug-likeness (QED) is 0.889. The van der Waals surface area contributed by atoms with Gasteiger partial charge in [-0.25, -0.2) is 4.98 Å². The lowest BCUT2D eigenvalue weighted by Crippen LogP contribution is -2.27. The van der Waals surface area contributed by atoms with Crippen LogP contribution in [0.1, 0.15) is 30.7 Å². The van der Waals surface area contributed by atoms with E-state index in [4.69, 9.17) is 4.98 Å². The molecule has 0 atom stereocenters. The number of nitrogens with one attached hydrogen (secondary N) is 1. The van der Waals surface area contributed by atoms with Gasteiger partial charge in [0.15, 0.2) is 0 Å². The first-order valence-corrected chi connectivity index (χ1v) is 7.73. The standard InChI is InChI=1S/C15H18N2S/c1-2-4-13-12(3-1)17-14(18-13)9-15(7-8-15)10-16-11-5-6-11/h1-4,11,16H,5-10H2. The van der Waals surface area contributed by atoms with Crippen LogP contribution in [-0.4, -0.2) is 17.6 Å². The predicted molar refractivity (Wildman–Crippen MR) is 76.0 cm³/mol. The molecule has 0 saturated heterocycles. The van der Waals surface area contributed by atoms with Crippen LogP contribution in [0.4, 0.5) is 0 Å². The Balaban J connectivity index is 1.49. The van der Waals surface area contributed by atoms with Crippen LogP contribution in [0.3, 0.4) is 0 Å². The molecule has 94 valence electrons. The monoisotopic (exact) mass is 258 g/mol. The highest BCUT2D eigenvalue weighted by Gasteiger charge is 2.43. The third-order valence-corrected chi connectivity index (χ3v) is 5.20. The van der Waals surface area contributed by atoms with Gasteiger partial charge >= 0.3 is 0 Å². The predicted octanol–water partition coefficient (Wildman–Crippen LogP) is 3.37. The fourth-order valence-corrected chi connectivity index (χ4v) is 3.70. The van der Waals surface area contributed by atoms with Crippen LogP contribution < -0.4 is 5.32 Å². The molecule has 0 radical (unpaired) electrons. The van der Waals surface area contributed by atoms with Crippen molar-refractivity contribution in [2.75, 3.05) is 6.54 Å². The smallest absolute Gasteiger partial charge is 0.0944 e. The summed E-state index contributed by atoms with van der Waals surface area (Å²) < 4.78 is 1.33. The molecular weight excluding hydrogens is 240 g/mol. The number of hydrogen-bond donors (Lipinski definition) is 1. The number of rotatable bonds is 5. The van der Waals surface area contributed by atoms with Crippen LogP contribution in [0.5, 0.6) is 0 Å². The Hall–Kier alpha value is -0.930. The Labute approximate surface area is 111 Å². The summed E-state index contributed by atoms with van der Waals surface area (Å²) in [6.07, 6.45) is 6.70. The van der Waals surface area contributed by atoms with Crippen molar-refractivity contribution in [1.29, 1.82) is 0 Å². The number of benzene rings is 1. The minimum atomic E-state index is 0.538. The lowest BCUT2D eigenvalue weighted by atomic mass is 10.0. The van der Waals surface area contributed by atoms with Gasteiger partial charge in [-0.1, -0.05) is 12.1 Å². The maximum absolute atomic E-state index is 4.77. The van der Waals surface area contributed by atoms with Gasteiger partial charge in [-0.05, 0) is 43.2 Å². The van der Waals surface area contributed by atoms with Gasteiger partial charge in [-0.3, -0.25) is 0 Å². The molecule has 1 aromatic carbocycles. The summed E-state index contributed by atoms with van der Waals surface area (Å²) >= 11 is 1.88. The maximum Gasteiger partial charge on any atom is 0.0944 e. The van der Waals surface area contributed by atoms with E-state index in [1.807, 2.05) is 11.3 Å².